The van der Waals surface area contributed by atoms with Crippen LogP contribution in [0.3, 0.4) is 0 Å². The summed E-state index contributed by atoms with van der Waals surface area (Å²) in [6.07, 6.45) is 1.73. The van der Waals surface area contributed by atoms with Crippen molar-refractivity contribution in [3.8, 4) is 5.75 Å². The smallest absolute Gasteiger partial charge is 0.331 e. The van der Waals surface area contributed by atoms with Gasteiger partial charge in [0.05, 0.1) is 18.7 Å². The van der Waals surface area contributed by atoms with E-state index in [0.717, 1.165) is 12.8 Å². The molecule has 4 nitrogen and oxygen atoms in total. The Morgan fingerprint density at radius 2 is 2.10 bits per heavy atom. The van der Waals surface area contributed by atoms with Gasteiger partial charge in [0, 0.05) is 10.6 Å². The van der Waals surface area contributed by atoms with E-state index in [1.54, 1.807) is 19.1 Å². The number of hydrogen-bond donors (Lipinski definition) is 1. The van der Waals surface area contributed by atoms with Crippen LogP contribution in [0.5, 0.6) is 5.75 Å². The predicted octanol–water partition coefficient (Wildman–Crippen LogP) is 3.13. The lowest BCUT2D eigenvalue weighted by molar-refractivity contribution is -0.151. The van der Waals surface area contributed by atoms with Gasteiger partial charge in [-0.25, -0.2) is 4.79 Å². The van der Waals surface area contributed by atoms with Gasteiger partial charge in [0.25, 0.3) is 0 Å². The number of benzene rings is 1. The van der Waals surface area contributed by atoms with Crippen LogP contribution in [-0.4, -0.2) is 19.7 Å². The third kappa shape index (κ3) is 2.60. The van der Waals surface area contributed by atoms with Gasteiger partial charge < -0.3 is 15.2 Å². The van der Waals surface area contributed by atoms with E-state index in [4.69, 9.17) is 38.4 Å². The zero-order valence-corrected chi connectivity index (χ0v) is 12.9. The Morgan fingerprint density at radius 3 is 2.60 bits per heavy atom. The normalized spacial score (nSPS) is 17.4. The van der Waals surface area contributed by atoms with Gasteiger partial charge in [0.15, 0.2) is 0 Å². The van der Waals surface area contributed by atoms with E-state index >= 15 is 0 Å². The Bertz CT molecular complexity index is 531. The summed E-state index contributed by atoms with van der Waals surface area (Å²) in [5.41, 5.74) is 5.61. The van der Waals surface area contributed by atoms with Gasteiger partial charge in [-0.05, 0) is 37.8 Å². The summed E-state index contributed by atoms with van der Waals surface area (Å²) in [4.78, 5) is 12.3. The SMILES string of the molecule is CCOC(=O)C(N)(c1cc(Cl)cc(Cl)c1OC)C1CC1. The molecule has 1 aromatic carbocycles. The minimum atomic E-state index is -1.27. The highest BCUT2D eigenvalue weighted by molar-refractivity contribution is 6.35. The van der Waals surface area contributed by atoms with Crippen LogP contribution in [0.2, 0.25) is 10.0 Å². The van der Waals surface area contributed by atoms with Gasteiger partial charge in [0.1, 0.15) is 11.3 Å². The van der Waals surface area contributed by atoms with Crippen LogP contribution in [0.1, 0.15) is 25.3 Å². The lowest BCUT2D eigenvalue weighted by atomic mass is 9.85. The second kappa shape index (κ2) is 5.80. The van der Waals surface area contributed by atoms with Crippen molar-refractivity contribution in [1.82, 2.24) is 0 Å². The second-order valence-electron chi connectivity index (χ2n) is 4.83. The van der Waals surface area contributed by atoms with Crippen molar-refractivity contribution >= 4 is 29.2 Å². The van der Waals surface area contributed by atoms with Gasteiger partial charge in [-0.1, -0.05) is 23.2 Å². The lowest BCUT2D eigenvalue weighted by Gasteiger charge is -2.29. The van der Waals surface area contributed by atoms with Gasteiger partial charge >= 0.3 is 5.97 Å². The standard InChI is InChI=1S/C14H17Cl2NO3/c1-3-20-13(18)14(17,8-4-5-8)10-6-9(15)7-11(16)12(10)19-2/h6-8H,3-5,17H2,1-2H3. The first kappa shape index (κ1) is 15.4. The maximum Gasteiger partial charge on any atom is 0.331 e. The molecule has 0 aromatic heterocycles. The number of carbonyl (C=O) groups excluding carboxylic acids is 1. The highest BCUT2D eigenvalue weighted by atomic mass is 35.5. The van der Waals surface area contributed by atoms with Crippen LogP contribution in [0.15, 0.2) is 12.1 Å². The fourth-order valence-corrected chi connectivity index (χ4v) is 2.93. The first-order valence-electron chi connectivity index (χ1n) is 6.44. The molecule has 1 atom stereocenters. The fourth-order valence-electron chi connectivity index (χ4n) is 2.36. The highest BCUT2D eigenvalue weighted by Crippen LogP contribution is 2.49. The van der Waals surface area contributed by atoms with Crippen LogP contribution in [-0.2, 0) is 15.1 Å². The number of nitrogens with two attached hydrogens (primary N) is 1. The highest BCUT2D eigenvalue weighted by Gasteiger charge is 2.52. The number of halogens is 2. The van der Waals surface area contributed by atoms with Crippen LogP contribution in [0.4, 0.5) is 0 Å². The predicted molar refractivity (Wildman–Crippen MR) is 78.2 cm³/mol. The van der Waals surface area contributed by atoms with E-state index in [1.807, 2.05) is 0 Å². The van der Waals surface area contributed by atoms with Crippen LogP contribution >= 0.6 is 23.2 Å². The van der Waals surface area contributed by atoms with Crippen molar-refractivity contribution in [2.45, 2.75) is 25.3 Å². The summed E-state index contributed by atoms with van der Waals surface area (Å²) in [7, 11) is 1.48. The number of carbonyl (C=O) groups is 1. The molecule has 0 radical (unpaired) electrons. The average molecular weight is 318 g/mol. The molecule has 1 aliphatic rings. The minimum Gasteiger partial charge on any atom is -0.495 e. The van der Waals surface area contributed by atoms with Crippen molar-refractivity contribution in [3.63, 3.8) is 0 Å². The Balaban J connectivity index is 2.57. The Kier molecular flexibility index (Phi) is 4.47. The second-order valence-corrected chi connectivity index (χ2v) is 5.68. The molecule has 1 fully saturated rings. The number of esters is 1. The molecule has 20 heavy (non-hydrogen) atoms. The molecule has 1 unspecified atom stereocenters. The molecule has 0 spiro atoms. The van der Waals surface area contributed by atoms with E-state index in [-0.39, 0.29) is 12.5 Å². The van der Waals surface area contributed by atoms with Gasteiger partial charge in [-0.2, -0.15) is 0 Å². The monoisotopic (exact) mass is 317 g/mol. The van der Waals surface area contributed by atoms with E-state index < -0.39 is 11.5 Å². The summed E-state index contributed by atoms with van der Waals surface area (Å²) in [6, 6.07) is 3.19. The first-order chi connectivity index (χ1) is 9.44. The van der Waals surface area contributed by atoms with Crippen LogP contribution in [0, 0.1) is 5.92 Å². The molecule has 0 saturated heterocycles. The van der Waals surface area contributed by atoms with E-state index in [0.29, 0.717) is 21.4 Å². The fraction of sp³-hybridized carbons (Fsp3) is 0.500. The summed E-state index contributed by atoms with van der Waals surface area (Å²) in [5.74, 6) is -0.0809. The Morgan fingerprint density at radius 1 is 1.45 bits per heavy atom. The molecule has 0 aliphatic heterocycles. The van der Waals surface area contributed by atoms with Crippen molar-refractivity contribution in [1.29, 1.82) is 0 Å². The van der Waals surface area contributed by atoms with Crippen LogP contribution < -0.4 is 10.5 Å². The minimum absolute atomic E-state index is 0.0185. The lowest BCUT2D eigenvalue weighted by Crippen LogP contribution is -2.48. The molecule has 110 valence electrons. The first-order valence-corrected chi connectivity index (χ1v) is 7.20. The van der Waals surface area contributed by atoms with Crippen molar-refractivity contribution in [2.24, 2.45) is 11.7 Å². The topological polar surface area (TPSA) is 61.5 Å². The number of hydrogen-bond acceptors (Lipinski definition) is 4. The molecule has 0 bridgehead atoms. The third-order valence-corrected chi connectivity index (χ3v) is 3.99. The molecule has 6 heteroatoms. The Labute approximate surface area is 128 Å². The summed E-state index contributed by atoms with van der Waals surface area (Å²) in [5, 5.41) is 0.736. The number of methoxy groups -OCH3 is 1. The molecular weight excluding hydrogens is 301 g/mol. The quantitative estimate of drug-likeness (QED) is 0.847. The molecule has 1 aliphatic carbocycles. The van der Waals surface area contributed by atoms with Gasteiger partial charge in [-0.15, -0.1) is 0 Å². The van der Waals surface area contributed by atoms with Crippen molar-refractivity contribution in [3.05, 3.63) is 27.7 Å². The molecule has 2 rings (SSSR count). The molecule has 2 N–H and O–H groups in total. The third-order valence-electron chi connectivity index (χ3n) is 3.49. The zero-order valence-electron chi connectivity index (χ0n) is 11.4. The van der Waals surface area contributed by atoms with E-state index in [9.17, 15) is 4.79 Å². The maximum atomic E-state index is 12.3. The summed E-state index contributed by atoms with van der Waals surface area (Å²) in [6.45, 7) is 2.01. The number of ether oxygens (including phenoxy) is 2. The molecular formula is C14H17Cl2NO3. The van der Waals surface area contributed by atoms with E-state index in [2.05, 4.69) is 0 Å². The van der Waals surface area contributed by atoms with Crippen molar-refractivity contribution < 1.29 is 14.3 Å². The number of rotatable bonds is 5. The van der Waals surface area contributed by atoms with E-state index in [1.165, 1.54) is 7.11 Å². The van der Waals surface area contributed by atoms with Gasteiger partial charge in [-0.3, -0.25) is 0 Å². The summed E-state index contributed by atoms with van der Waals surface area (Å²) < 4.78 is 10.4. The molecule has 0 heterocycles. The Hall–Kier alpha value is -0.970. The molecule has 0 amide bonds. The maximum absolute atomic E-state index is 12.3. The van der Waals surface area contributed by atoms with Crippen molar-refractivity contribution in [2.75, 3.05) is 13.7 Å². The molecule has 1 aromatic rings. The van der Waals surface area contributed by atoms with Gasteiger partial charge in [0.2, 0.25) is 0 Å². The zero-order chi connectivity index (χ0) is 14.9. The molecule has 1 saturated carbocycles. The van der Waals surface area contributed by atoms with Crippen LogP contribution in [0.25, 0.3) is 0 Å². The largest absolute Gasteiger partial charge is 0.495 e. The summed E-state index contributed by atoms with van der Waals surface area (Å²) >= 11 is 12.2. The average Bonchev–Trinajstić information content (AvgIpc) is 3.21.